The van der Waals surface area contributed by atoms with Crippen LogP contribution in [-0.2, 0) is 0 Å². The number of rotatable bonds is 7. The van der Waals surface area contributed by atoms with Crippen molar-refractivity contribution < 1.29 is 4.74 Å². The zero-order chi connectivity index (χ0) is 13.5. The molecular formula is C16H25NO. The van der Waals surface area contributed by atoms with E-state index in [-0.39, 0.29) is 0 Å². The van der Waals surface area contributed by atoms with Gasteiger partial charge < -0.3 is 9.64 Å². The third-order valence-electron chi connectivity index (χ3n) is 3.16. The van der Waals surface area contributed by atoms with E-state index in [1.54, 1.807) is 7.11 Å². The van der Waals surface area contributed by atoms with Crippen LogP contribution < -0.4 is 4.74 Å². The van der Waals surface area contributed by atoms with Crippen molar-refractivity contribution in [2.75, 3.05) is 27.7 Å². The Morgan fingerprint density at radius 1 is 1.39 bits per heavy atom. The van der Waals surface area contributed by atoms with Crippen LogP contribution >= 0.6 is 0 Å². The van der Waals surface area contributed by atoms with Gasteiger partial charge in [0.2, 0.25) is 0 Å². The van der Waals surface area contributed by atoms with Crippen molar-refractivity contribution in [2.45, 2.75) is 19.8 Å². The van der Waals surface area contributed by atoms with Crippen molar-refractivity contribution in [3.63, 3.8) is 0 Å². The molecule has 1 aromatic carbocycles. The molecule has 2 nitrogen and oxygen atoms in total. The Hall–Kier alpha value is -1.28. The van der Waals surface area contributed by atoms with Gasteiger partial charge in [-0.3, -0.25) is 0 Å². The van der Waals surface area contributed by atoms with E-state index in [0.29, 0.717) is 5.92 Å². The third kappa shape index (κ3) is 4.19. The summed E-state index contributed by atoms with van der Waals surface area (Å²) in [5.74, 6) is 1.41. The fraction of sp³-hybridized carbons (Fsp3) is 0.500. The average molecular weight is 247 g/mol. The zero-order valence-corrected chi connectivity index (χ0v) is 12.1. The molecule has 1 aromatic rings. The van der Waals surface area contributed by atoms with Gasteiger partial charge in [-0.05, 0) is 49.7 Å². The van der Waals surface area contributed by atoms with Gasteiger partial charge in [0.1, 0.15) is 5.75 Å². The molecule has 18 heavy (non-hydrogen) atoms. The van der Waals surface area contributed by atoms with Gasteiger partial charge in [0.25, 0.3) is 0 Å². The van der Waals surface area contributed by atoms with Gasteiger partial charge in [0.15, 0.2) is 0 Å². The van der Waals surface area contributed by atoms with Crippen LogP contribution in [-0.4, -0.2) is 32.6 Å². The maximum absolute atomic E-state index is 5.27. The van der Waals surface area contributed by atoms with Crippen LogP contribution in [0, 0.1) is 5.92 Å². The minimum atomic E-state index is 0.511. The minimum Gasteiger partial charge on any atom is -0.497 e. The van der Waals surface area contributed by atoms with Crippen LogP contribution in [0.25, 0.3) is 5.57 Å². The van der Waals surface area contributed by atoms with Gasteiger partial charge in [0, 0.05) is 6.54 Å². The second-order valence-corrected chi connectivity index (χ2v) is 5.01. The van der Waals surface area contributed by atoms with E-state index in [1.807, 2.05) is 12.1 Å². The summed E-state index contributed by atoms with van der Waals surface area (Å²) in [5, 5.41) is 0. The lowest BCUT2D eigenvalue weighted by atomic mass is 9.90. The summed E-state index contributed by atoms with van der Waals surface area (Å²) in [4.78, 5) is 2.23. The van der Waals surface area contributed by atoms with Gasteiger partial charge in [-0.1, -0.05) is 32.1 Å². The molecule has 0 amide bonds. The van der Waals surface area contributed by atoms with Gasteiger partial charge in [0.05, 0.1) is 7.11 Å². The minimum absolute atomic E-state index is 0.511. The highest BCUT2D eigenvalue weighted by Crippen LogP contribution is 2.28. The highest BCUT2D eigenvalue weighted by Gasteiger charge is 2.14. The van der Waals surface area contributed by atoms with Crippen molar-refractivity contribution in [1.82, 2.24) is 4.90 Å². The third-order valence-corrected chi connectivity index (χ3v) is 3.16. The largest absolute Gasteiger partial charge is 0.497 e. The van der Waals surface area contributed by atoms with Crippen LogP contribution in [0.2, 0.25) is 0 Å². The van der Waals surface area contributed by atoms with Crippen molar-refractivity contribution in [3.8, 4) is 5.75 Å². The molecule has 2 heteroatoms. The normalized spacial score (nSPS) is 12.5. The van der Waals surface area contributed by atoms with Crippen molar-refractivity contribution in [3.05, 3.63) is 36.4 Å². The fourth-order valence-corrected chi connectivity index (χ4v) is 2.22. The molecule has 0 heterocycles. The lowest BCUT2D eigenvalue weighted by Gasteiger charge is -2.23. The molecule has 0 unspecified atom stereocenters. The van der Waals surface area contributed by atoms with E-state index in [0.717, 1.165) is 12.3 Å². The van der Waals surface area contributed by atoms with E-state index >= 15 is 0 Å². The molecule has 1 atom stereocenters. The van der Waals surface area contributed by atoms with Crippen LogP contribution in [0.4, 0.5) is 0 Å². The zero-order valence-electron chi connectivity index (χ0n) is 12.1. The smallest absolute Gasteiger partial charge is 0.119 e. The average Bonchev–Trinajstić information content (AvgIpc) is 2.37. The van der Waals surface area contributed by atoms with E-state index in [4.69, 9.17) is 4.74 Å². The lowest BCUT2D eigenvalue weighted by molar-refractivity contribution is 0.353. The molecule has 0 aliphatic heterocycles. The van der Waals surface area contributed by atoms with Crippen molar-refractivity contribution >= 4 is 5.57 Å². The first-order valence-electron chi connectivity index (χ1n) is 6.56. The molecule has 0 aliphatic carbocycles. The highest BCUT2D eigenvalue weighted by atomic mass is 16.5. The van der Waals surface area contributed by atoms with Crippen molar-refractivity contribution in [2.24, 2.45) is 5.92 Å². The molecule has 0 spiro atoms. The number of hydrogen-bond donors (Lipinski definition) is 0. The molecule has 0 aliphatic rings. The second-order valence-electron chi connectivity index (χ2n) is 5.01. The summed E-state index contributed by atoms with van der Waals surface area (Å²) in [7, 11) is 5.92. The first-order chi connectivity index (χ1) is 8.58. The quantitative estimate of drug-likeness (QED) is 0.728. The Balaban J connectivity index is 2.86. The van der Waals surface area contributed by atoms with Crippen molar-refractivity contribution in [1.29, 1.82) is 0 Å². The van der Waals surface area contributed by atoms with Gasteiger partial charge in [-0.15, -0.1) is 0 Å². The van der Waals surface area contributed by atoms with E-state index < -0.39 is 0 Å². The lowest BCUT2D eigenvalue weighted by Crippen LogP contribution is -2.22. The molecule has 0 N–H and O–H groups in total. The fourth-order valence-electron chi connectivity index (χ4n) is 2.22. The maximum atomic E-state index is 5.27. The number of methoxy groups -OCH3 is 1. The Morgan fingerprint density at radius 3 is 2.67 bits per heavy atom. The molecular weight excluding hydrogens is 222 g/mol. The first-order valence-corrected chi connectivity index (χ1v) is 6.56. The second kappa shape index (κ2) is 7.22. The maximum Gasteiger partial charge on any atom is 0.119 e. The van der Waals surface area contributed by atoms with Crippen LogP contribution in [0.15, 0.2) is 30.8 Å². The molecule has 0 saturated carbocycles. The van der Waals surface area contributed by atoms with Gasteiger partial charge in [-0.2, -0.15) is 0 Å². The Bertz CT molecular complexity index is 384. The molecule has 100 valence electrons. The number of benzene rings is 1. The summed E-state index contributed by atoms with van der Waals surface area (Å²) in [6, 6.07) is 8.18. The Morgan fingerprint density at radius 2 is 2.11 bits per heavy atom. The topological polar surface area (TPSA) is 12.5 Å². The van der Waals surface area contributed by atoms with Crippen LogP contribution in [0.5, 0.6) is 5.75 Å². The molecule has 1 rings (SSSR count). The van der Waals surface area contributed by atoms with Gasteiger partial charge in [-0.25, -0.2) is 0 Å². The van der Waals surface area contributed by atoms with Crippen LogP contribution in [0.3, 0.4) is 0 Å². The van der Waals surface area contributed by atoms with Gasteiger partial charge >= 0.3 is 0 Å². The number of nitrogens with zero attached hydrogens (tertiary/aromatic N) is 1. The molecule has 0 fully saturated rings. The van der Waals surface area contributed by atoms with E-state index in [1.165, 1.54) is 24.0 Å². The molecule has 0 radical (unpaired) electrons. The molecule has 0 saturated heterocycles. The summed E-state index contributed by atoms with van der Waals surface area (Å²) < 4.78 is 5.27. The summed E-state index contributed by atoms with van der Waals surface area (Å²) in [6.45, 7) is 7.56. The summed E-state index contributed by atoms with van der Waals surface area (Å²) in [6.07, 6.45) is 2.36. The summed E-state index contributed by atoms with van der Waals surface area (Å²) >= 11 is 0. The predicted octanol–water partition coefficient (Wildman–Crippen LogP) is 3.69. The Kier molecular flexibility index (Phi) is 5.93. The highest BCUT2D eigenvalue weighted by molar-refractivity contribution is 5.66. The first kappa shape index (κ1) is 14.8. The number of hydrogen-bond acceptors (Lipinski definition) is 2. The Labute approximate surface area is 111 Å². The standard InChI is InChI=1S/C16H25NO/c1-6-8-15(12-17(3)4)13(2)14-9-7-10-16(11-14)18-5/h7,9-11,15H,2,6,8,12H2,1,3-5H3/t15-/m1/s1. The van der Waals surface area contributed by atoms with E-state index in [9.17, 15) is 0 Å². The SMILES string of the molecule is C=C(c1cccc(OC)c1)[C@H](CCC)CN(C)C. The van der Waals surface area contributed by atoms with E-state index in [2.05, 4.69) is 44.6 Å². The predicted molar refractivity (Wildman–Crippen MR) is 79.0 cm³/mol. The number of ether oxygens (including phenoxy) is 1. The monoisotopic (exact) mass is 247 g/mol. The van der Waals surface area contributed by atoms with Crippen LogP contribution in [0.1, 0.15) is 25.3 Å². The molecule has 0 aromatic heterocycles. The summed E-state index contributed by atoms with van der Waals surface area (Å²) in [5.41, 5.74) is 2.40. The molecule has 0 bridgehead atoms.